The first-order valence-corrected chi connectivity index (χ1v) is 9.16. The molecule has 0 aromatic rings. The van der Waals surface area contributed by atoms with Crippen LogP contribution in [0.3, 0.4) is 0 Å². The van der Waals surface area contributed by atoms with Crippen molar-refractivity contribution < 1.29 is 0 Å². The first-order chi connectivity index (χ1) is 9.67. The van der Waals surface area contributed by atoms with E-state index in [-0.39, 0.29) is 5.54 Å². The smallest absolute Gasteiger partial charge is 0.00967 e. The van der Waals surface area contributed by atoms with E-state index in [2.05, 4.69) is 65.6 Å². The summed E-state index contributed by atoms with van der Waals surface area (Å²) < 4.78 is 0. The van der Waals surface area contributed by atoms with E-state index in [9.17, 15) is 0 Å². The van der Waals surface area contributed by atoms with E-state index in [4.69, 9.17) is 0 Å². The van der Waals surface area contributed by atoms with E-state index in [0.717, 1.165) is 6.54 Å². The van der Waals surface area contributed by atoms with Gasteiger partial charge < -0.3 is 10.2 Å². The van der Waals surface area contributed by atoms with Crippen molar-refractivity contribution in [2.45, 2.75) is 99.1 Å². The largest absolute Gasteiger partial charge is 0.311 e. The predicted octanol–water partition coefficient (Wildman–Crippen LogP) is 5.08. The summed E-state index contributed by atoms with van der Waals surface area (Å²) in [7, 11) is 0. The average Bonchev–Trinajstić information content (AvgIpc) is 2.40. The number of rotatable bonds is 11. The van der Waals surface area contributed by atoms with Gasteiger partial charge >= 0.3 is 0 Å². The normalized spacial score (nSPS) is 17.0. The first kappa shape index (κ1) is 20.9. The number of nitrogens with zero attached hydrogens (tertiary/aromatic N) is 1. The van der Waals surface area contributed by atoms with Crippen LogP contribution in [0.1, 0.15) is 87.5 Å². The molecule has 0 rings (SSSR count). The number of unbranched alkanes of at least 4 members (excludes halogenated alkanes) is 1. The van der Waals surface area contributed by atoms with Gasteiger partial charge in [0.15, 0.2) is 0 Å². The predicted molar refractivity (Wildman–Crippen MR) is 97.0 cm³/mol. The van der Waals surface area contributed by atoms with Gasteiger partial charge in [-0.15, -0.1) is 0 Å². The lowest BCUT2D eigenvalue weighted by Crippen LogP contribution is -2.49. The molecule has 0 aromatic carbocycles. The fourth-order valence-electron chi connectivity index (χ4n) is 2.87. The molecule has 2 heteroatoms. The lowest BCUT2D eigenvalue weighted by atomic mass is 9.83. The van der Waals surface area contributed by atoms with E-state index < -0.39 is 0 Å². The van der Waals surface area contributed by atoms with Gasteiger partial charge in [-0.05, 0) is 58.9 Å². The maximum Gasteiger partial charge on any atom is 0.00967 e. The molecule has 2 unspecified atom stereocenters. The zero-order chi connectivity index (χ0) is 16.5. The van der Waals surface area contributed by atoms with E-state index in [1.165, 1.54) is 45.2 Å². The van der Waals surface area contributed by atoms with Crippen LogP contribution >= 0.6 is 0 Å². The SMILES string of the molecule is CCCCN(CC(C)(CCC)CNC(C)(C)C)C(C)CC. The maximum absolute atomic E-state index is 3.74. The van der Waals surface area contributed by atoms with E-state index in [1.807, 2.05) is 0 Å². The Bertz CT molecular complexity index is 257. The second-order valence-electron chi connectivity index (χ2n) is 8.25. The first-order valence-electron chi connectivity index (χ1n) is 9.16. The fourth-order valence-corrected chi connectivity index (χ4v) is 2.87. The van der Waals surface area contributed by atoms with Gasteiger partial charge in [-0.25, -0.2) is 0 Å². The van der Waals surface area contributed by atoms with Crippen LogP contribution in [-0.4, -0.2) is 36.1 Å². The van der Waals surface area contributed by atoms with Gasteiger partial charge in [0.25, 0.3) is 0 Å². The number of hydrogen-bond acceptors (Lipinski definition) is 2. The van der Waals surface area contributed by atoms with Crippen LogP contribution in [0.5, 0.6) is 0 Å². The molecular weight excluding hydrogens is 256 g/mol. The molecule has 0 aromatic heterocycles. The summed E-state index contributed by atoms with van der Waals surface area (Å²) in [6.45, 7) is 22.2. The molecule has 0 saturated carbocycles. The molecule has 0 spiro atoms. The zero-order valence-corrected chi connectivity index (χ0v) is 16.2. The quantitative estimate of drug-likeness (QED) is 0.572. The molecule has 0 aliphatic rings. The highest BCUT2D eigenvalue weighted by Gasteiger charge is 2.29. The zero-order valence-electron chi connectivity index (χ0n) is 16.2. The van der Waals surface area contributed by atoms with Gasteiger partial charge in [0, 0.05) is 24.7 Å². The summed E-state index contributed by atoms with van der Waals surface area (Å²) in [5.41, 5.74) is 0.582. The van der Waals surface area contributed by atoms with Crippen LogP contribution in [0.2, 0.25) is 0 Å². The van der Waals surface area contributed by atoms with Gasteiger partial charge in [0.1, 0.15) is 0 Å². The average molecular weight is 299 g/mol. The van der Waals surface area contributed by atoms with Gasteiger partial charge in [-0.2, -0.15) is 0 Å². The highest BCUT2D eigenvalue weighted by Crippen LogP contribution is 2.26. The maximum atomic E-state index is 3.74. The molecule has 0 aliphatic carbocycles. The van der Waals surface area contributed by atoms with Crippen molar-refractivity contribution in [2.24, 2.45) is 5.41 Å². The van der Waals surface area contributed by atoms with Gasteiger partial charge in [0.2, 0.25) is 0 Å². The molecule has 21 heavy (non-hydrogen) atoms. The number of nitrogens with one attached hydrogen (secondary N) is 1. The topological polar surface area (TPSA) is 15.3 Å². The molecule has 0 aliphatic heterocycles. The van der Waals surface area contributed by atoms with E-state index in [1.54, 1.807) is 0 Å². The van der Waals surface area contributed by atoms with Crippen molar-refractivity contribution >= 4 is 0 Å². The minimum atomic E-state index is 0.208. The number of hydrogen-bond donors (Lipinski definition) is 1. The Morgan fingerprint density at radius 1 is 1.00 bits per heavy atom. The second-order valence-corrected chi connectivity index (χ2v) is 8.25. The van der Waals surface area contributed by atoms with Crippen molar-refractivity contribution in [3.05, 3.63) is 0 Å². The monoisotopic (exact) mass is 298 g/mol. The van der Waals surface area contributed by atoms with E-state index in [0.29, 0.717) is 11.5 Å². The fraction of sp³-hybridized carbons (Fsp3) is 1.00. The van der Waals surface area contributed by atoms with Crippen molar-refractivity contribution in [1.29, 1.82) is 0 Å². The van der Waals surface area contributed by atoms with Crippen LogP contribution in [-0.2, 0) is 0 Å². The minimum Gasteiger partial charge on any atom is -0.311 e. The summed E-state index contributed by atoms with van der Waals surface area (Å²) in [4.78, 5) is 2.73. The van der Waals surface area contributed by atoms with Crippen LogP contribution in [0.25, 0.3) is 0 Å². The van der Waals surface area contributed by atoms with E-state index >= 15 is 0 Å². The molecule has 0 amide bonds. The summed E-state index contributed by atoms with van der Waals surface area (Å²) in [6.07, 6.45) is 6.43. The Balaban J connectivity index is 4.79. The highest BCUT2D eigenvalue weighted by atomic mass is 15.2. The molecule has 0 saturated heterocycles. The Morgan fingerprint density at radius 2 is 1.62 bits per heavy atom. The summed E-state index contributed by atoms with van der Waals surface area (Å²) >= 11 is 0. The Morgan fingerprint density at radius 3 is 2.05 bits per heavy atom. The molecule has 2 nitrogen and oxygen atoms in total. The van der Waals surface area contributed by atoms with Gasteiger partial charge in [-0.1, -0.05) is 40.5 Å². The van der Waals surface area contributed by atoms with Crippen LogP contribution in [0.4, 0.5) is 0 Å². The molecule has 0 bridgehead atoms. The van der Waals surface area contributed by atoms with Crippen LogP contribution in [0, 0.1) is 5.41 Å². The van der Waals surface area contributed by atoms with Gasteiger partial charge in [-0.3, -0.25) is 0 Å². The lowest BCUT2D eigenvalue weighted by Gasteiger charge is -2.40. The molecule has 2 atom stereocenters. The Kier molecular flexibility index (Phi) is 9.80. The summed E-state index contributed by atoms with van der Waals surface area (Å²) in [5.74, 6) is 0. The third kappa shape index (κ3) is 9.52. The summed E-state index contributed by atoms with van der Waals surface area (Å²) in [5, 5.41) is 3.74. The molecule has 128 valence electrons. The molecular formula is C19H42N2. The Labute approximate surface area is 135 Å². The Hall–Kier alpha value is -0.0800. The highest BCUT2D eigenvalue weighted by molar-refractivity contribution is 4.85. The standard InChI is InChI=1S/C19H42N2/c1-9-12-14-21(17(4)11-3)16-19(8,13-10-2)15-20-18(5,6)7/h17,20H,9-16H2,1-8H3. The third-order valence-corrected chi connectivity index (χ3v) is 4.50. The van der Waals surface area contributed by atoms with Crippen LogP contribution < -0.4 is 5.32 Å². The molecule has 0 heterocycles. The molecule has 1 N–H and O–H groups in total. The molecule has 0 radical (unpaired) electrons. The lowest BCUT2D eigenvalue weighted by molar-refractivity contribution is 0.106. The second kappa shape index (κ2) is 9.84. The van der Waals surface area contributed by atoms with Gasteiger partial charge in [0.05, 0.1) is 0 Å². The van der Waals surface area contributed by atoms with Crippen molar-refractivity contribution in [1.82, 2.24) is 10.2 Å². The summed E-state index contributed by atoms with van der Waals surface area (Å²) in [6, 6.07) is 0.697. The van der Waals surface area contributed by atoms with Crippen molar-refractivity contribution in [3.63, 3.8) is 0 Å². The van der Waals surface area contributed by atoms with Crippen molar-refractivity contribution in [2.75, 3.05) is 19.6 Å². The van der Waals surface area contributed by atoms with Crippen molar-refractivity contribution in [3.8, 4) is 0 Å². The third-order valence-electron chi connectivity index (χ3n) is 4.50. The van der Waals surface area contributed by atoms with Crippen LogP contribution in [0.15, 0.2) is 0 Å². The molecule has 0 fully saturated rings. The minimum absolute atomic E-state index is 0.208.